The molecule has 84 valence electrons. The molecular formula is C11H16FNO2. The highest BCUT2D eigenvalue weighted by molar-refractivity contribution is 5.36. The molecule has 1 unspecified atom stereocenters. The highest BCUT2D eigenvalue weighted by Crippen LogP contribution is 2.24. The van der Waals surface area contributed by atoms with Gasteiger partial charge < -0.3 is 15.6 Å². The molecule has 4 heteroatoms. The van der Waals surface area contributed by atoms with Crippen LogP contribution in [0.1, 0.15) is 24.9 Å². The van der Waals surface area contributed by atoms with Crippen LogP contribution in [0.3, 0.4) is 0 Å². The summed E-state index contributed by atoms with van der Waals surface area (Å²) in [7, 11) is 0. The van der Waals surface area contributed by atoms with Gasteiger partial charge in [-0.15, -0.1) is 0 Å². The van der Waals surface area contributed by atoms with Gasteiger partial charge in [0.15, 0.2) is 0 Å². The van der Waals surface area contributed by atoms with Gasteiger partial charge in [-0.2, -0.15) is 0 Å². The summed E-state index contributed by atoms with van der Waals surface area (Å²) in [6.07, 6.45) is 0.523. The molecule has 15 heavy (non-hydrogen) atoms. The van der Waals surface area contributed by atoms with Crippen molar-refractivity contribution in [3.63, 3.8) is 0 Å². The van der Waals surface area contributed by atoms with Crippen LogP contribution in [0.2, 0.25) is 0 Å². The monoisotopic (exact) mass is 213 g/mol. The van der Waals surface area contributed by atoms with Gasteiger partial charge in [-0.3, -0.25) is 0 Å². The van der Waals surface area contributed by atoms with Gasteiger partial charge in [-0.1, -0.05) is 6.07 Å². The van der Waals surface area contributed by atoms with E-state index in [1.807, 2.05) is 6.92 Å². The first-order valence-corrected chi connectivity index (χ1v) is 4.94. The standard InChI is InChI=1S/C11H16FNO2/c1-8(13)10-4-3-9(12)7-11(10)15-6-2-5-14/h3-4,7-8,14H,2,5-6,13H2,1H3. The van der Waals surface area contributed by atoms with Crippen molar-refractivity contribution in [2.75, 3.05) is 13.2 Å². The van der Waals surface area contributed by atoms with E-state index in [1.54, 1.807) is 6.07 Å². The number of rotatable bonds is 5. The number of benzene rings is 1. The maximum Gasteiger partial charge on any atom is 0.126 e. The highest BCUT2D eigenvalue weighted by atomic mass is 19.1. The van der Waals surface area contributed by atoms with Crippen molar-refractivity contribution in [1.29, 1.82) is 0 Å². The lowest BCUT2D eigenvalue weighted by molar-refractivity contribution is 0.231. The van der Waals surface area contributed by atoms with Gasteiger partial charge in [0.1, 0.15) is 11.6 Å². The largest absolute Gasteiger partial charge is 0.493 e. The highest BCUT2D eigenvalue weighted by Gasteiger charge is 2.08. The summed E-state index contributed by atoms with van der Waals surface area (Å²) in [6.45, 7) is 2.23. The minimum Gasteiger partial charge on any atom is -0.493 e. The smallest absolute Gasteiger partial charge is 0.126 e. The van der Waals surface area contributed by atoms with E-state index in [2.05, 4.69) is 0 Å². The Balaban J connectivity index is 2.77. The molecule has 0 saturated heterocycles. The molecule has 0 radical (unpaired) electrons. The van der Waals surface area contributed by atoms with E-state index in [0.29, 0.717) is 18.8 Å². The first-order valence-electron chi connectivity index (χ1n) is 4.94. The first-order chi connectivity index (χ1) is 7.15. The SMILES string of the molecule is CC(N)c1ccc(F)cc1OCCCO. The minimum absolute atomic E-state index is 0.0584. The van der Waals surface area contributed by atoms with E-state index in [4.69, 9.17) is 15.6 Å². The van der Waals surface area contributed by atoms with Crippen LogP contribution < -0.4 is 10.5 Å². The average Bonchev–Trinajstić information content (AvgIpc) is 2.18. The van der Waals surface area contributed by atoms with Crippen LogP contribution in [-0.4, -0.2) is 18.3 Å². The second-order valence-electron chi connectivity index (χ2n) is 3.40. The number of aliphatic hydroxyl groups excluding tert-OH is 1. The van der Waals surface area contributed by atoms with E-state index in [1.165, 1.54) is 12.1 Å². The minimum atomic E-state index is -0.349. The average molecular weight is 213 g/mol. The van der Waals surface area contributed by atoms with E-state index in [9.17, 15) is 4.39 Å². The summed E-state index contributed by atoms with van der Waals surface area (Å²) in [6, 6.07) is 4.09. The van der Waals surface area contributed by atoms with Crippen molar-refractivity contribution in [3.05, 3.63) is 29.6 Å². The zero-order valence-corrected chi connectivity index (χ0v) is 8.74. The second-order valence-corrected chi connectivity index (χ2v) is 3.40. The summed E-state index contributed by atoms with van der Waals surface area (Å²) >= 11 is 0. The molecule has 0 aromatic heterocycles. The molecule has 3 N–H and O–H groups in total. The van der Waals surface area contributed by atoms with Gasteiger partial charge >= 0.3 is 0 Å². The Labute approximate surface area is 88.7 Å². The maximum absolute atomic E-state index is 12.9. The van der Waals surface area contributed by atoms with E-state index in [0.717, 1.165) is 5.56 Å². The van der Waals surface area contributed by atoms with Gasteiger partial charge in [0.2, 0.25) is 0 Å². The van der Waals surface area contributed by atoms with Crippen molar-refractivity contribution in [2.24, 2.45) is 5.73 Å². The third kappa shape index (κ3) is 3.49. The molecule has 0 aliphatic rings. The fourth-order valence-electron chi connectivity index (χ4n) is 1.26. The number of hydrogen-bond donors (Lipinski definition) is 2. The second kappa shape index (κ2) is 5.68. The zero-order valence-electron chi connectivity index (χ0n) is 8.74. The fourth-order valence-corrected chi connectivity index (χ4v) is 1.26. The van der Waals surface area contributed by atoms with Crippen molar-refractivity contribution in [3.8, 4) is 5.75 Å². The lowest BCUT2D eigenvalue weighted by Gasteiger charge is -2.13. The Hall–Kier alpha value is -1.13. The molecule has 3 nitrogen and oxygen atoms in total. The number of nitrogens with two attached hydrogens (primary N) is 1. The predicted molar refractivity (Wildman–Crippen MR) is 56.2 cm³/mol. The molecule has 0 amide bonds. The molecule has 0 bridgehead atoms. The van der Waals surface area contributed by atoms with Gasteiger partial charge in [-0.05, 0) is 13.0 Å². The van der Waals surface area contributed by atoms with Gasteiger partial charge in [0.05, 0.1) is 6.61 Å². The van der Waals surface area contributed by atoms with Crippen LogP contribution in [0.25, 0.3) is 0 Å². The molecular weight excluding hydrogens is 197 g/mol. The van der Waals surface area contributed by atoms with Gasteiger partial charge in [0, 0.05) is 30.7 Å². The molecule has 0 heterocycles. The van der Waals surface area contributed by atoms with E-state index in [-0.39, 0.29) is 18.5 Å². The number of ether oxygens (including phenoxy) is 1. The molecule has 1 aromatic rings. The lowest BCUT2D eigenvalue weighted by atomic mass is 10.1. The third-order valence-electron chi connectivity index (χ3n) is 2.03. The van der Waals surface area contributed by atoms with Gasteiger partial charge in [-0.25, -0.2) is 4.39 Å². The van der Waals surface area contributed by atoms with E-state index >= 15 is 0 Å². The number of hydrogen-bond acceptors (Lipinski definition) is 3. The zero-order chi connectivity index (χ0) is 11.3. The molecule has 1 rings (SSSR count). The summed E-state index contributed by atoms with van der Waals surface area (Å²) in [5, 5.41) is 8.60. The Kier molecular flexibility index (Phi) is 4.52. The Bertz CT molecular complexity index is 315. The van der Waals surface area contributed by atoms with Crippen molar-refractivity contribution in [1.82, 2.24) is 0 Å². The molecule has 0 spiro atoms. The van der Waals surface area contributed by atoms with Crippen LogP contribution in [0.4, 0.5) is 4.39 Å². The molecule has 1 atom stereocenters. The molecule has 1 aromatic carbocycles. The first kappa shape index (κ1) is 11.9. The van der Waals surface area contributed by atoms with Gasteiger partial charge in [0.25, 0.3) is 0 Å². The quantitative estimate of drug-likeness (QED) is 0.730. The van der Waals surface area contributed by atoms with Crippen molar-refractivity contribution in [2.45, 2.75) is 19.4 Å². The fraction of sp³-hybridized carbons (Fsp3) is 0.455. The number of aliphatic hydroxyl groups is 1. The Morgan fingerprint density at radius 1 is 1.53 bits per heavy atom. The van der Waals surface area contributed by atoms with E-state index < -0.39 is 0 Å². The van der Waals surface area contributed by atoms with Crippen LogP contribution >= 0.6 is 0 Å². The van der Waals surface area contributed by atoms with Crippen LogP contribution in [0, 0.1) is 5.82 Å². The lowest BCUT2D eigenvalue weighted by Crippen LogP contribution is -2.09. The molecule has 0 saturated carbocycles. The van der Waals surface area contributed by atoms with Crippen molar-refractivity contribution < 1.29 is 14.2 Å². The molecule has 0 fully saturated rings. The summed E-state index contributed by atoms with van der Waals surface area (Å²) < 4.78 is 18.3. The summed E-state index contributed by atoms with van der Waals surface area (Å²) in [4.78, 5) is 0. The Morgan fingerprint density at radius 3 is 2.87 bits per heavy atom. The maximum atomic E-state index is 12.9. The summed E-state index contributed by atoms with van der Waals surface area (Å²) in [5.74, 6) is 0.108. The van der Waals surface area contributed by atoms with Crippen molar-refractivity contribution >= 4 is 0 Å². The molecule has 0 aliphatic carbocycles. The van der Waals surface area contributed by atoms with Crippen LogP contribution in [-0.2, 0) is 0 Å². The Morgan fingerprint density at radius 2 is 2.27 bits per heavy atom. The van der Waals surface area contributed by atoms with Crippen LogP contribution in [0.15, 0.2) is 18.2 Å². The third-order valence-corrected chi connectivity index (χ3v) is 2.03. The van der Waals surface area contributed by atoms with Crippen LogP contribution in [0.5, 0.6) is 5.75 Å². The normalized spacial score (nSPS) is 12.5. The predicted octanol–water partition coefficient (Wildman–Crippen LogP) is 1.61. The summed E-state index contributed by atoms with van der Waals surface area (Å²) in [5.41, 5.74) is 6.49. The molecule has 0 aliphatic heterocycles. The number of halogens is 1. The topological polar surface area (TPSA) is 55.5 Å².